The Labute approximate surface area is 115 Å². The van der Waals surface area contributed by atoms with Gasteiger partial charge in [-0.15, -0.1) is 0 Å². The summed E-state index contributed by atoms with van der Waals surface area (Å²) in [6.07, 6.45) is 3.05. The molecule has 1 heterocycles. The maximum atomic E-state index is 10.5. The molecule has 1 aromatic heterocycles. The molecule has 0 bridgehead atoms. The fourth-order valence-electron chi connectivity index (χ4n) is 2.22. The van der Waals surface area contributed by atoms with Gasteiger partial charge in [-0.05, 0) is 34.7 Å². The van der Waals surface area contributed by atoms with Crippen molar-refractivity contribution in [2.75, 3.05) is 0 Å². The standard InChI is InChI=1S/C17H21NO/c1-12(2)14-4-6-16(7-5-14)17(19)13(3)15-8-10-18-11-9-15/h4-13,17,19H,1-3H3. The zero-order valence-electron chi connectivity index (χ0n) is 11.7. The maximum absolute atomic E-state index is 10.5. The molecule has 2 aromatic rings. The lowest BCUT2D eigenvalue weighted by Crippen LogP contribution is -2.08. The number of rotatable bonds is 4. The summed E-state index contributed by atoms with van der Waals surface area (Å²) < 4.78 is 0. The summed E-state index contributed by atoms with van der Waals surface area (Å²) in [5.41, 5.74) is 3.37. The van der Waals surface area contributed by atoms with Gasteiger partial charge in [0.25, 0.3) is 0 Å². The second-order valence-electron chi connectivity index (χ2n) is 5.34. The van der Waals surface area contributed by atoms with E-state index in [1.807, 2.05) is 31.2 Å². The molecule has 0 aliphatic carbocycles. The van der Waals surface area contributed by atoms with Crippen LogP contribution >= 0.6 is 0 Å². The third-order valence-electron chi connectivity index (χ3n) is 3.65. The van der Waals surface area contributed by atoms with Crippen LogP contribution in [0.5, 0.6) is 0 Å². The van der Waals surface area contributed by atoms with Crippen molar-refractivity contribution in [2.45, 2.75) is 38.7 Å². The maximum Gasteiger partial charge on any atom is 0.0855 e. The Hall–Kier alpha value is -1.67. The highest BCUT2D eigenvalue weighted by atomic mass is 16.3. The minimum Gasteiger partial charge on any atom is -0.388 e. The fraction of sp³-hybridized carbons (Fsp3) is 0.353. The molecular formula is C17H21NO. The average Bonchev–Trinajstić information content (AvgIpc) is 2.46. The Bertz CT molecular complexity index is 505. The minimum atomic E-state index is -0.483. The molecule has 1 N–H and O–H groups in total. The van der Waals surface area contributed by atoms with Gasteiger partial charge in [0.1, 0.15) is 0 Å². The van der Waals surface area contributed by atoms with Gasteiger partial charge in [-0.2, -0.15) is 0 Å². The van der Waals surface area contributed by atoms with Crippen LogP contribution in [0.1, 0.15) is 55.4 Å². The predicted octanol–water partition coefficient (Wildman–Crippen LogP) is 4.04. The summed E-state index contributed by atoms with van der Waals surface area (Å²) in [6.45, 7) is 6.38. The van der Waals surface area contributed by atoms with Gasteiger partial charge in [-0.1, -0.05) is 45.0 Å². The Kier molecular flexibility index (Phi) is 4.33. The summed E-state index contributed by atoms with van der Waals surface area (Å²) in [5, 5.41) is 10.5. The Balaban J connectivity index is 2.17. The smallest absolute Gasteiger partial charge is 0.0855 e. The molecule has 0 spiro atoms. The van der Waals surface area contributed by atoms with Gasteiger partial charge in [0.2, 0.25) is 0 Å². The molecule has 2 unspecified atom stereocenters. The van der Waals surface area contributed by atoms with Crippen molar-refractivity contribution in [1.29, 1.82) is 0 Å². The third-order valence-corrected chi connectivity index (χ3v) is 3.65. The van der Waals surface area contributed by atoms with Crippen molar-refractivity contribution in [3.63, 3.8) is 0 Å². The number of pyridine rings is 1. The van der Waals surface area contributed by atoms with Crippen molar-refractivity contribution in [2.24, 2.45) is 0 Å². The number of hydrogen-bond acceptors (Lipinski definition) is 2. The molecule has 2 nitrogen and oxygen atoms in total. The average molecular weight is 255 g/mol. The molecule has 0 aliphatic heterocycles. The van der Waals surface area contributed by atoms with Crippen LogP contribution in [0.25, 0.3) is 0 Å². The van der Waals surface area contributed by atoms with Gasteiger partial charge in [0.15, 0.2) is 0 Å². The second kappa shape index (κ2) is 5.98. The molecule has 0 radical (unpaired) electrons. The van der Waals surface area contributed by atoms with E-state index < -0.39 is 6.10 Å². The number of aliphatic hydroxyl groups is 1. The van der Waals surface area contributed by atoms with E-state index in [2.05, 4.69) is 31.0 Å². The van der Waals surface area contributed by atoms with E-state index in [-0.39, 0.29) is 5.92 Å². The van der Waals surface area contributed by atoms with E-state index in [4.69, 9.17) is 0 Å². The van der Waals surface area contributed by atoms with Crippen LogP contribution in [-0.4, -0.2) is 10.1 Å². The first-order valence-electron chi connectivity index (χ1n) is 6.77. The first-order valence-corrected chi connectivity index (χ1v) is 6.77. The van der Waals surface area contributed by atoms with Crippen LogP contribution in [0.15, 0.2) is 48.8 Å². The highest BCUT2D eigenvalue weighted by Crippen LogP contribution is 2.30. The quantitative estimate of drug-likeness (QED) is 0.894. The first-order chi connectivity index (χ1) is 9.09. The first kappa shape index (κ1) is 13.8. The van der Waals surface area contributed by atoms with E-state index in [0.717, 1.165) is 11.1 Å². The SMILES string of the molecule is CC(C)c1ccc(C(O)C(C)c2ccncc2)cc1. The molecule has 100 valence electrons. The number of aromatic nitrogens is 1. The van der Waals surface area contributed by atoms with E-state index in [0.29, 0.717) is 5.92 Å². The van der Waals surface area contributed by atoms with Crippen molar-refractivity contribution < 1.29 is 5.11 Å². The fourth-order valence-corrected chi connectivity index (χ4v) is 2.22. The summed E-state index contributed by atoms with van der Waals surface area (Å²) in [7, 11) is 0. The lowest BCUT2D eigenvalue weighted by Gasteiger charge is -2.20. The van der Waals surface area contributed by atoms with Crippen molar-refractivity contribution >= 4 is 0 Å². The summed E-state index contributed by atoms with van der Waals surface area (Å²) >= 11 is 0. The van der Waals surface area contributed by atoms with Crippen LogP contribution in [0.2, 0.25) is 0 Å². The van der Waals surface area contributed by atoms with Crippen molar-refractivity contribution in [1.82, 2.24) is 4.98 Å². The van der Waals surface area contributed by atoms with Gasteiger partial charge < -0.3 is 5.11 Å². The molecule has 19 heavy (non-hydrogen) atoms. The number of aliphatic hydroxyl groups excluding tert-OH is 1. The zero-order chi connectivity index (χ0) is 13.8. The highest BCUT2D eigenvalue weighted by Gasteiger charge is 2.18. The van der Waals surface area contributed by atoms with Gasteiger partial charge in [0.05, 0.1) is 6.10 Å². The Morgan fingerprint density at radius 3 is 1.84 bits per heavy atom. The molecule has 0 saturated heterocycles. The van der Waals surface area contributed by atoms with Crippen LogP contribution < -0.4 is 0 Å². The molecule has 1 aromatic carbocycles. The van der Waals surface area contributed by atoms with E-state index in [1.54, 1.807) is 12.4 Å². The Morgan fingerprint density at radius 2 is 1.32 bits per heavy atom. The molecule has 2 atom stereocenters. The molecule has 2 rings (SSSR count). The van der Waals surface area contributed by atoms with E-state index in [9.17, 15) is 5.11 Å². The molecule has 2 heteroatoms. The monoisotopic (exact) mass is 255 g/mol. The van der Waals surface area contributed by atoms with Crippen LogP contribution in [0.4, 0.5) is 0 Å². The molecule has 0 aliphatic rings. The Morgan fingerprint density at radius 1 is 0.789 bits per heavy atom. The topological polar surface area (TPSA) is 33.1 Å². The minimum absolute atomic E-state index is 0.0629. The second-order valence-corrected chi connectivity index (χ2v) is 5.34. The predicted molar refractivity (Wildman–Crippen MR) is 78.1 cm³/mol. The van der Waals surface area contributed by atoms with Crippen LogP contribution in [0.3, 0.4) is 0 Å². The summed E-state index contributed by atoms with van der Waals surface area (Å²) in [6, 6.07) is 12.2. The number of benzene rings is 1. The molecule has 0 saturated carbocycles. The van der Waals surface area contributed by atoms with Crippen molar-refractivity contribution in [3.05, 3.63) is 65.5 Å². The van der Waals surface area contributed by atoms with Gasteiger partial charge in [0, 0.05) is 18.3 Å². The normalized spacial score (nSPS) is 14.4. The molecular weight excluding hydrogens is 234 g/mol. The molecule has 0 amide bonds. The number of hydrogen-bond donors (Lipinski definition) is 1. The van der Waals surface area contributed by atoms with Crippen LogP contribution in [-0.2, 0) is 0 Å². The lowest BCUT2D eigenvalue weighted by molar-refractivity contribution is 0.151. The summed E-state index contributed by atoms with van der Waals surface area (Å²) in [4.78, 5) is 4.01. The number of nitrogens with zero attached hydrogens (tertiary/aromatic N) is 1. The van der Waals surface area contributed by atoms with Gasteiger partial charge >= 0.3 is 0 Å². The highest BCUT2D eigenvalue weighted by molar-refractivity contribution is 5.29. The summed E-state index contributed by atoms with van der Waals surface area (Å²) in [5.74, 6) is 0.580. The lowest BCUT2D eigenvalue weighted by atomic mass is 9.90. The largest absolute Gasteiger partial charge is 0.388 e. The van der Waals surface area contributed by atoms with E-state index >= 15 is 0 Å². The molecule has 0 fully saturated rings. The van der Waals surface area contributed by atoms with Crippen molar-refractivity contribution in [3.8, 4) is 0 Å². The van der Waals surface area contributed by atoms with Crippen LogP contribution in [0, 0.1) is 0 Å². The van der Waals surface area contributed by atoms with Gasteiger partial charge in [-0.3, -0.25) is 4.98 Å². The third kappa shape index (κ3) is 3.21. The van der Waals surface area contributed by atoms with E-state index in [1.165, 1.54) is 5.56 Å². The zero-order valence-corrected chi connectivity index (χ0v) is 11.7. The van der Waals surface area contributed by atoms with Gasteiger partial charge in [-0.25, -0.2) is 0 Å².